The smallest absolute Gasteiger partial charge is 0.312 e. The highest BCUT2D eigenvalue weighted by Crippen LogP contribution is 2.20. The zero-order valence-electron chi connectivity index (χ0n) is 28.1. The second kappa shape index (κ2) is 19.4. The summed E-state index contributed by atoms with van der Waals surface area (Å²) >= 11 is 0. The largest absolute Gasteiger partial charge is 0.459 e. The van der Waals surface area contributed by atoms with Crippen LogP contribution in [0.15, 0.2) is 72.8 Å². The third-order valence-corrected chi connectivity index (χ3v) is 10.6. The summed E-state index contributed by atoms with van der Waals surface area (Å²) in [5.41, 5.74) is 9.34. The Bertz CT molecular complexity index is 1550. The molecule has 8 nitrogen and oxygen atoms in total. The number of benzene rings is 3. The standard InChI is InChI=1S/C37H49F2N3O5S/c1-4-11-33(12-5-2)48(45,46)25-30(23-42-36(43)29-15-8-7-9-16-29)37(44)47-35(24-41-22-27-14-10-13-26(6-3)17-27)34(40)20-28-18-31(38)21-32(39)19-28/h7-10,13-19,21,30,33-35,41H,4-6,11-12,20,22-25,40H2,1-3H3,(H,42,43)/t30-,34?,35-/m1/s1. The van der Waals surface area contributed by atoms with Crippen LogP contribution in [0.1, 0.15) is 73.5 Å². The maximum Gasteiger partial charge on any atom is 0.312 e. The van der Waals surface area contributed by atoms with Crippen LogP contribution in [0.2, 0.25) is 0 Å². The van der Waals surface area contributed by atoms with Crippen LogP contribution in [0.4, 0.5) is 8.78 Å². The molecule has 1 unspecified atom stereocenters. The van der Waals surface area contributed by atoms with Gasteiger partial charge in [-0.1, -0.05) is 76.1 Å². The van der Waals surface area contributed by atoms with Crippen LogP contribution in [0.5, 0.6) is 0 Å². The van der Waals surface area contributed by atoms with E-state index in [0.717, 1.165) is 23.6 Å². The van der Waals surface area contributed by atoms with Gasteiger partial charge in [-0.2, -0.15) is 0 Å². The molecule has 3 aromatic rings. The molecule has 0 aliphatic carbocycles. The second-order valence-electron chi connectivity index (χ2n) is 12.2. The van der Waals surface area contributed by atoms with Crippen molar-refractivity contribution in [3.63, 3.8) is 0 Å². The molecule has 0 aromatic heterocycles. The van der Waals surface area contributed by atoms with Crippen molar-refractivity contribution in [3.8, 4) is 0 Å². The molecule has 0 heterocycles. The maximum absolute atomic E-state index is 14.0. The lowest BCUT2D eigenvalue weighted by atomic mass is 10.0. The summed E-state index contributed by atoms with van der Waals surface area (Å²) < 4.78 is 61.1. The number of amides is 1. The number of nitrogens with two attached hydrogens (primary N) is 1. The molecule has 0 saturated carbocycles. The Morgan fingerprint density at radius 2 is 1.48 bits per heavy atom. The van der Waals surface area contributed by atoms with Crippen molar-refractivity contribution in [3.05, 3.63) is 107 Å². The van der Waals surface area contributed by atoms with Crippen molar-refractivity contribution >= 4 is 21.7 Å². The minimum atomic E-state index is -3.76. The summed E-state index contributed by atoms with van der Waals surface area (Å²) in [7, 11) is -3.76. The predicted octanol–water partition coefficient (Wildman–Crippen LogP) is 5.53. The van der Waals surface area contributed by atoms with Gasteiger partial charge >= 0.3 is 5.97 Å². The molecule has 0 radical (unpaired) electrons. The van der Waals surface area contributed by atoms with Crippen molar-refractivity contribution in [2.24, 2.45) is 11.7 Å². The number of ether oxygens (including phenoxy) is 1. The number of carbonyl (C=O) groups excluding carboxylic acids is 2. The van der Waals surface area contributed by atoms with Gasteiger partial charge in [0.2, 0.25) is 0 Å². The van der Waals surface area contributed by atoms with Gasteiger partial charge in [-0.25, -0.2) is 17.2 Å². The molecule has 4 N–H and O–H groups in total. The molecular weight excluding hydrogens is 636 g/mol. The Morgan fingerprint density at radius 1 is 0.833 bits per heavy atom. The van der Waals surface area contributed by atoms with E-state index < -0.39 is 62.4 Å². The van der Waals surface area contributed by atoms with Gasteiger partial charge in [0.25, 0.3) is 5.91 Å². The van der Waals surface area contributed by atoms with E-state index in [2.05, 4.69) is 23.6 Å². The molecule has 262 valence electrons. The van der Waals surface area contributed by atoms with Crippen LogP contribution < -0.4 is 16.4 Å². The summed E-state index contributed by atoms with van der Waals surface area (Å²) in [4.78, 5) is 26.7. The van der Waals surface area contributed by atoms with E-state index in [1.54, 1.807) is 30.3 Å². The van der Waals surface area contributed by atoms with E-state index in [1.807, 2.05) is 32.0 Å². The zero-order chi connectivity index (χ0) is 35.1. The van der Waals surface area contributed by atoms with Gasteiger partial charge in [0.15, 0.2) is 9.84 Å². The van der Waals surface area contributed by atoms with Gasteiger partial charge < -0.3 is 21.1 Å². The number of halogens is 2. The molecule has 0 saturated heterocycles. The average molecular weight is 686 g/mol. The number of carbonyl (C=O) groups is 2. The van der Waals surface area contributed by atoms with Crippen molar-refractivity contribution in [2.45, 2.75) is 83.2 Å². The van der Waals surface area contributed by atoms with Crippen LogP contribution >= 0.6 is 0 Å². The lowest BCUT2D eigenvalue weighted by Gasteiger charge is -2.28. The molecule has 0 bridgehead atoms. The summed E-state index contributed by atoms with van der Waals surface area (Å²) in [6, 6.07) is 18.6. The molecule has 3 aromatic carbocycles. The van der Waals surface area contributed by atoms with Gasteiger partial charge in [0.1, 0.15) is 17.7 Å². The molecule has 0 aliphatic rings. The van der Waals surface area contributed by atoms with Gasteiger partial charge in [-0.05, 0) is 66.6 Å². The van der Waals surface area contributed by atoms with Crippen LogP contribution in [-0.2, 0) is 38.8 Å². The van der Waals surface area contributed by atoms with Crippen LogP contribution in [-0.4, -0.2) is 56.5 Å². The molecule has 0 spiro atoms. The van der Waals surface area contributed by atoms with Crippen molar-refractivity contribution in [1.29, 1.82) is 0 Å². The Balaban J connectivity index is 1.86. The lowest BCUT2D eigenvalue weighted by Crippen LogP contribution is -2.48. The number of rotatable bonds is 20. The highest BCUT2D eigenvalue weighted by atomic mass is 32.2. The molecule has 1 amide bonds. The monoisotopic (exact) mass is 685 g/mol. The van der Waals surface area contributed by atoms with Crippen LogP contribution in [0, 0.1) is 17.6 Å². The van der Waals surface area contributed by atoms with Crippen molar-refractivity contribution < 1.29 is 31.5 Å². The first kappa shape index (κ1) is 38.8. The van der Waals surface area contributed by atoms with Crippen LogP contribution in [0.25, 0.3) is 0 Å². The Kier molecular flexibility index (Phi) is 15.6. The zero-order valence-corrected chi connectivity index (χ0v) is 28.9. The average Bonchev–Trinajstić information content (AvgIpc) is 3.05. The number of nitrogens with one attached hydrogen (secondary N) is 2. The van der Waals surface area contributed by atoms with E-state index in [4.69, 9.17) is 10.5 Å². The molecule has 0 aliphatic heterocycles. The number of hydrogen-bond acceptors (Lipinski definition) is 7. The first-order valence-electron chi connectivity index (χ1n) is 16.7. The summed E-state index contributed by atoms with van der Waals surface area (Å²) in [6.07, 6.45) is 2.09. The van der Waals surface area contributed by atoms with Crippen LogP contribution in [0.3, 0.4) is 0 Å². The molecular formula is C37H49F2N3O5S. The maximum atomic E-state index is 14.0. The van der Waals surface area contributed by atoms with Gasteiger partial charge in [0, 0.05) is 37.3 Å². The number of esters is 1. The predicted molar refractivity (Wildman–Crippen MR) is 185 cm³/mol. The van der Waals surface area contributed by atoms with Gasteiger partial charge in [-0.3, -0.25) is 9.59 Å². The van der Waals surface area contributed by atoms with E-state index in [0.29, 0.717) is 37.8 Å². The van der Waals surface area contributed by atoms with Crippen molar-refractivity contribution in [2.75, 3.05) is 18.8 Å². The fraction of sp³-hybridized carbons (Fsp3) is 0.459. The quantitative estimate of drug-likeness (QED) is 0.134. The number of hydrogen-bond donors (Lipinski definition) is 3. The summed E-state index contributed by atoms with van der Waals surface area (Å²) in [5, 5.41) is 5.34. The Labute approximate surface area is 283 Å². The number of sulfone groups is 1. The molecule has 3 rings (SSSR count). The normalized spacial score (nSPS) is 13.6. The highest BCUT2D eigenvalue weighted by molar-refractivity contribution is 7.92. The van der Waals surface area contributed by atoms with E-state index in [-0.39, 0.29) is 25.1 Å². The second-order valence-corrected chi connectivity index (χ2v) is 14.6. The first-order valence-corrected chi connectivity index (χ1v) is 18.4. The lowest BCUT2D eigenvalue weighted by molar-refractivity contribution is -0.154. The molecule has 3 atom stereocenters. The van der Waals surface area contributed by atoms with E-state index in [1.165, 1.54) is 12.1 Å². The molecule has 0 fully saturated rings. The fourth-order valence-electron chi connectivity index (χ4n) is 5.66. The third kappa shape index (κ3) is 12.4. The summed E-state index contributed by atoms with van der Waals surface area (Å²) in [5.74, 6) is -4.54. The Morgan fingerprint density at radius 3 is 2.10 bits per heavy atom. The molecule has 11 heteroatoms. The number of aryl methyl sites for hydroxylation is 1. The highest BCUT2D eigenvalue weighted by Gasteiger charge is 2.34. The third-order valence-electron chi connectivity index (χ3n) is 8.25. The molecule has 48 heavy (non-hydrogen) atoms. The Hall–Kier alpha value is -3.67. The fourth-order valence-corrected chi connectivity index (χ4v) is 7.93. The van der Waals surface area contributed by atoms with Crippen molar-refractivity contribution in [1.82, 2.24) is 10.6 Å². The van der Waals surface area contributed by atoms with Gasteiger partial charge in [-0.15, -0.1) is 0 Å². The first-order chi connectivity index (χ1) is 22.9. The summed E-state index contributed by atoms with van der Waals surface area (Å²) in [6.45, 7) is 6.12. The minimum absolute atomic E-state index is 0.0115. The van der Waals surface area contributed by atoms with E-state index in [9.17, 15) is 26.8 Å². The SMILES string of the molecule is CCCC(CCC)S(=O)(=O)C[C@@H](CNC(=O)c1ccccc1)C(=O)O[C@H](CNCc1cccc(CC)c1)C(N)Cc1cc(F)cc(F)c1. The topological polar surface area (TPSA) is 128 Å². The minimum Gasteiger partial charge on any atom is -0.459 e. The van der Waals surface area contributed by atoms with Gasteiger partial charge in [0.05, 0.1) is 16.9 Å². The van der Waals surface area contributed by atoms with E-state index >= 15 is 0 Å².